The highest BCUT2D eigenvalue weighted by atomic mass is 32.1. The van der Waals surface area contributed by atoms with Gasteiger partial charge in [-0.15, -0.1) is 11.3 Å². The van der Waals surface area contributed by atoms with E-state index in [4.69, 9.17) is 4.74 Å². The highest BCUT2D eigenvalue weighted by Crippen LogP contribution is 2.38. The lowest BCUT2D eigenvalue weighted by Gasteiger charge is -2.33. The Labute approximate surface area is 187 Å². The van der Waals surface area contributed by atoms with E-state index in [0.717, 1.165) is 45.7 Å². The molecule has 31 heavy (non-hydrogen) atoms. The second kappa shape index (κ2) is 9.30. The first-order chi connectivity index (χ1) is 14.9. The van der Waals surface area contributed by atoms with Crippen molar-refractivity contribution in [2.24, 2.45) is 0 Å². The fraction of sp³-hybridized carbons (Fsp3) is 0.435. The summed E-state index contributed by atoms with van der Waals surface area (Å²) in [5.74, 6) is 0.675. The van der Waals surface area contributed by atoms with Gasteiger partial charge in [-0.2, -0.15) is 0 Å². The number of nitrogens with zero attached hydrogens (tertiary/aromatic N) is 4. The van der Waals surface area contributed by atoms with E-state index in [1.165, 1.54) is 0 Å². The van der Waals surface area contributed by atoms with Gasteiger partial charge >= 0.3 is 0 Å². The molecule has 7 nitrogen and oxygen atoms in total. The zero-order valence-electron chi connectivity index (χ0n) is 18.5. The van der Waals surface area contributed by atoms with Crippen molar-refractivity contribution in [3.63, 3.8) is 0 Å². The average Bonchev–Trinajstić information content (AvgIpc) is 3.14. The number of thiophene rings is 1. The van der Waals surface area contributed by atoms with Crippen molar-refractivity contribution in [2.45, 2.75) is 32.5 Å². The molecule has 2 aromatic heterocycles. The summed E-state index contributed by atoms with van der Waals surface area (Å²) < 4.78 is 7.30. The third-order valence-corrected chi connectivity index (χ3v) is 6.42. The van der Waals surface area contributed by atoms with Gasteiger partial charge in [0, 0.05) is 68.0 Å². The fourth-order valence-electron chi connectivity index (χ4n) is 3.82. The Morgan fingerprint density at radius 1 is 1.29 bits per heavy atom. The predicted octanol–water partition coefficient (Wildman–Crippen LogP) is 3.47. The zero-order chi connectivity index (χ0) is 22.0. The number of benzene rings is 1. The first-order valence-electron chi connectivity index (χ1n) is 10.6. The number of aromatic nitrogens is 2. The lowest BCUT2D eigenvalue weighted by Crippen LogP contribution is -2.38. The van der Waals surface area contributed by atoms with Crippen LogP contribution in [-0.2, 0) is 11.3 Å². The summed E-state index contributed by atoms with van der Waals surface area (Å²) in [7, 11) is 3.86. The number of rotatable bonds is 6. The highest BCUT2D eigenvalue weighted by molar-refractivity contribution is 7.21. The Morgan fingerprint density at radius 2 is 2.03 bits per heavy atom. The number of fused-ring (bicyclic) bond motifs is 1. The minimum absolute atomic E-state index is 0.0282. The highest BCUT2D eigenvalue weighted by Gasteiger charge is 2.30. The van der Waals surface area contributed by atoms with Crippen LogP contribution in [0, 0.1) is 0 Å². The van der Waals surface area contributed by atoms with E-state index in [9.17, 15) is 4.79 Å². The number of carbonyl (C=O) groups excluding carboxylic acids is 1. The molecule has 1 amide bonds. The molecule has 4 rings (SSSR count). The van der Waals surface area contributed by atoms with E-state index in [2.05, 4.69) is 32.3 Å². The van der Waals surface area contributed by atoms with Gasteiger partial charge in [-0.3, -0.25) is 9.69 Å². The maximum atomic E-state index is 13.0. The Morgan fingerprint density at radius 3 is 2.74 bits per heavy atom. The van der Waals surface area contributed by atoms with Crippen LogP contribution in [0.3, 0.4) is 0 Å². The first-order valence-corrected chi connectivity index (χ1v) is 11.4. The minimum atomic E-state index is -0.153. The van der Waals surface area contributed by atoms with Crippen molar-refractivity contribution < 1.29 is 9.53 Å². The molecule has 1 aliphatic rings. The Bertz CT molecular complexity index is 1050. The average molecular weight is 440 g/mol. The molecule has 0 spiro atoms. The second-order valence-electron chi connectivity index (χ2n) is 8.35. The molecule has 1 atom stereocenters. The second-order valence-corrected chi connectivity index (χ2v) is 9.40. The summed E-state index contributed by atoms with van der Waals surface area (Å²) in [6.45, 7) is 6.89. The molecular weight excluding hydrogens is 410 g/mol. The molecule has 0 bridgehead atoms. The van der Waals surface area contributed by atoms with E-state index in [1.54, 1.807) is 11.3 Å². The van der Waals surface area contributed by atoms with Gasteiger partial charge in [0.1, 0.15) is 0 Å². The van der Waals surface area contributed by atoms with Crippen molar-refractivity contribution in [1.29, 1.82) is 0 Å². The molecule has 1 aliphatic heterocycles. The van der Waals surface area contributed by atoms with Gasteiger partial charge in [0.05, 0.1) is 17.6 Å². The van der Waals surface area contributed by atoms with E-state index in [1.807, 2.05) is 57.4 Å². The van der Waals surface area contributed by atoms with Gasteiger partial charge in [-0.1, -0.05) is 18.2 Å². The summed E-state index contributed by atoms with van der Waals surface area (Å²) in [5, 5.41) is 4.15. The molecular formula is C23H29N5O2S. The molecule has 1 N–H and O–H groups in total. The van der Waals surface area contributed by atoms with Gasteiger partial charge in [-0.05, 0) is 25.3 Å². The van der Waals surface area contributed by atoms with Gasteiger partial charge < -0.3 is 15.0 Å². The monoisotopic (exact) mass is 439 g/mol. The number of amides is 1. The molecule has 3 aromatic rings. The Hall–Kier alpha value is -2.55. The standard InChI is InChI=1S/C23H29N5O2S/c1-15(2)26-22(29)21-20(17-7-5-6-8-19(17)31-21)18-14-28(9-10-30-18)13-16-11-24-23(25-12-16)27(3)4/h5-8,11-12,15,18H,9-10,13-14H2,1-4H3,(H,26,29)/t18-/m1/s1. The normalized spacial score (nSPS) is 17.3. The summed E-state index contributed by atoms with van der Waals surface area (Å²) in [6, 6.07) is 8.27. The maximum Gasteiger partial charge on any atom is 0.261 e. The Kier molecular flexibility index (Phi) is 6.50. The van der Waals surface area contributed by atoms with E-state index < -0.39 is 0 Å². The molecule has 1 saturated heterocycles. The number of carbonyl (C=O) groups is 1. The number of hydrogen-bond donors (Lipinski definition) is 1. The lowest BCUT2D eigenvalue weighted by molar-refractivity contribution is -0.0323. The number of hydrogen-bond acceptors (Lipinski definition) is 7. The molecule has 3 heterocycles. The topological polar surface area (TPSA) is 70.6 Å². The summed E-state index contributed by atoms with van der Waals surface area (Å²) in [5.41, 5.74) is 2.07. The van der Waals surface area contributed by atoms with Crippen molar-refractivity contribution in [1.82, 2.24) is 20.2 Å². The van der Waals surface area contributed by atoms with Crippen LogP contribution in [0.15, 0.2) is 36.7 Å². The predicted molar refractivity (Wildman–Crippen MR) is 125 cm³/mol. The molecule has 0 unspecified atom stereocenters. The van der Waals surface area contributed by atoms with Crippen LogP contribution in [0.25, 0.3) is 10.1 Å². The SMILES string of the molecule is CC(C)NC(=O)c1sc2ccccc2c1[C@H]1CN(Cc2cnc(N(C)C)nc2)CCO1. The molecule has 8 heteroatoms. The van der Waals surface area contributed by atoms with Crippen molar-refractivity contribution in [3.05, 3.63) is 52.7 Å². The Balaban J connectivity index is 1.58. The van der Waals surface area contributed by atoms with Gasteiger partial charge in [0.15, 0.2) is 0 Å². The number of morpholine rings is 1. The third-order valence-electron chi connectivity index (χ3n) is 5.23. The number of anilines is 1. The van der Waals surface area contributed by atoms with E-state index in [0.29, 0.717) is 12.6 Å². The fourth-order valence-corrected chi connectivity index (χ4v) is 4.98. The molecule has 0 radical (unpaired) electrons. The molecule has 164 valence electrons. The number of ether oxygens (including phenoxy) is 1. The lowest BCUT2D eigenvalue weighted by atomic mass is 10.0. The van der Waals surface area contributed by atoms with Crippen LogP contribution in [0.2, 0.25) is 0 Å². The first kappa shape index (κ1) is 21.7. The van der Waals surface area contributed by atoms with Crippen LogP contribution in [-0.4, -0.2) is 60.6 Å². The summed E-state index contributed by atoms with van der Waals surface area (Å²) in [4.78, 5) is 26.8. The molecule has 0 aliphatic carbocycles. The summed E-state index contributed by atoms with van der Waals surface area (Å²) >= 11 is 1.54. The van der Waals surface area contributed by atoms with Crippen LogP contribution in [0.4, 0.5) is 5.95 Å². The van der Waals surface area contributed by atoms with Gasteiger partial charge in [0.2, 0.25) is 5.95 Å². The maximum absolute atomic E-state index is 13.0. The van der Waals surface area contributed by atoms with Crippen molar-refractivity contribution in [3.8, 4) is 0 Å². The van der Waals surface area contributed by atoms with Gasteiger partial charge in [0.25, 0.3) is 5.91 Å². The smallest absolute Gasteiger partial charge is 0.261 e. The van der Waals surface area contributed by atoms with Crippen LogP contribution < -0.4 is 10.2 Å². The quantitative estimate of drug-likeness (QED) is 0.634. The van der Waals surface area contributed by atoms with Crippen LogP contribution in [0.5, 0.6) is 0 Å². The van der Waals surface area contributed by atoms with Crippen molar-refractivity contribution >= 4 is 33.3 Å². The molecule has 0 saturated carbocycles. The van der Waals surface area contributed by atoms with Gasteiger partial charge in [-0.25, -0.2) is 9.97 Å². The molecule has 1 aromatic carbocycles. The minimum Gasteiger partial charge on any atom is -0.371 e. The third kappa shape index (κ3) is 4.87. The van der Waals surface area contributed by atoms with E-state index in [-0.39, 0.29) is 18.1 Å². The number of nitrogens with one attached hydrogen (secondary N) is 1. The van der Waals surface area contributed by atoms with Crippen LogP contribution >= 0.6 is 11.3 Å². The summed E-state index contributed by atoms with van der Waals surface area (Å²) in [6.07, 6.45) is 3.61. The zero-order valence-corrected chi connectivity index (χ0v) is 19.3. The van der Waals surface area contributed by atoms with Crippen molar-refractivity contribution in [2.75, 3.05) is 38.7 Å². The largest absolute Gasteiger partial charge is 0.371 e. The van der Waals surface area contributed by atoms with E-state index >= 15 is 0 Å². The van der Waals surface area contributed by atoms with Crippen LogP contribution in [0.1, 0.15) is 40.8 Å². The molecule has 1 fully saturated rings.